The van der Waals surface area contributed by atoms with Gasteiger partial charge in [-0.2, -0.15) is 0 Å². The van der Waals surface area contributed by atoms with Crippen molar-refractivity contribution in [2.75, 3.05) is 0 Å². The third-order valence-corrected chi connectivity index (χ3v) is 2.07. The highest BCUT2D eigenvalue weighted by molar-refractivity contribution is 5.55. The minimum Gasteiger partial charge on any atom is -0.398 e. The lowest BCUT2D eigenvalue weighted by Gasteiger charge is -2.11. The van der Waals surface area contributed by atoms with Gasteiger partial charge in [-0.1, -0.05) is 6.07 Å². The lowest BCUT2D eigenvalue weighted by molar-refractivity contribution is -0.389. The van der Waals surface area contributed by atoms with Gasteiger partial charge in [0.2, 0.25) is 5.75 Å². The first kappa shape index (κ1) is 12.3. The number of ether oxygens (including phenoxy) is 1. The number of hydrogen-bond donors (Lipinski definition) is 0. The van der Waals surface area contributed by atoms with Gasteiger partial charge in [-0.3, -0.25) is 10.1 Å². The van der Waals surface area contributed by atoms with E-state index in [1.54, 1.807) is 6.92 Å². The summed E-state index contributed by atoms with van der Waals surface area (Å²) in [5, 5.41) is 10.6. The second-order valence-corrected chi connectivity index (χ2v) is 3.16. The molecule has 7 heteroatoms. The zero-order valence-corrected chi connectivity index (χ0v) is 8.46. The van der Waals surface area contributed by atoms with E-state index in [1.165, 1.54) is 13.0 Å². The van der Waals surface area contributed by atoms with Crippen LogP contribution in [0.2, 0.25) is 0 Å². The van der Waals surface area contributed by atoms with Crippen LogP contribution in [0.4, 0.5) is 18.9 Å². The predicted octanol–water partition coefficient (Wildman–Crippen LogP) is 3.11. The highest BCUT2D eigenvalue weighted by Gasteiger charge is 2.35. The van der Waals surface area contributed by atoms with E-state index >= 15 is 0 Å². The molecule has 0 aromatic heterocycles. The second kappa shape index (κ2) is 3.99. The minimum atomic E-state index is -4.94. The molecule has 1 rings (SSSR count). The van der Waals surface area contributed by atoms with Gasteiger partial charge < -0.3 is 4.74 Å². The molecule has 0 saturated carbocycles. The average Bonchev–Trinajstić information content (AvgIpc) is 2.08. The van der Waals surface area contributed by atoms with Crippen LogP contribution in [0.1, 0.15) is 11.1 Å². The van der Waals surface area contributed by atoms with Gasteiger partial charge in [-0.25, -0.2) is 0 Å². The first-order chi connectivity index (χ1) is 7.22. The van der Waals surface area contributed by atoms with Crippen molar-refractivity contribution in [2.24, 2.45) is 0 Å². The maximum atomic E-state index is 12.0. The highest BCUT2D eigenvalue weighted by atomic mass is 19.4. The summed E-state index contributed by atoms with van der Waals surface area (Å²) in [6.07, 6.45) is -4.94. The van der Waals surface area contributed by atoms with Gasteiger partial charge in [-0.05, 0) is 25.5 Å². The molecule has 1 aromatic rings. The fourth-order valence-electron chi connectivity index (χ4n) is 1.21. The molecule has 0 aliphatic carbocycles. The fourth-order valence-corrected chi connectivity index (χ4v) is 1.21. The number of halogens is 3. The molecule has 0 aliphatic rings. The summed E-state index contributed by atoms with van der Waals surface area (Å²) in [4.78, 5) is 9.75. The molecule has 4 nitrogen and oxygen atoms in total. The normalized spacial score (nSPS) is 11.3. The number of nitrogens with zero attached hydrogens (tertiary/aromatic N) is 1. The highest BCUT2D eigenvalue weighted by Crippen LogP contribution is 2.35. The Hall–Kier alpha value is -1.79. The van der Waals surface area contributed by atoms with E-state index in [4.69, 9.17) is 0 Å². The SMILES string of the molecule is Cc1ccc(OC(F)(F)F)c([N+](=O)[O-])c1C. The predicted molar refractivity (Wildman–Crippen MR) is 49.3 cm³/mol. The van der Waals surface area contributed by atoms with Crippen molar-refractivity contribution < 1.29 is 22.8 Å². The minimum absolute atomic E-state index is 0.159. The van der Waals surface area contributed by atoms with E-state index < -0.39 is 22.7 Å². The van der Waals surface area contributed by atoms with Gasteiger partial charge in [0.15, 0.2) is 0 Å². The number of nitro benzene ring substituents is 1. The molecule has 88 valence electrons. The van der Waals surface area contributed by atoms with Crippen molar-refractivity contribution in [2.45, 2.75) is 20.2 Å². The molecule has 16 heavy (non-hydrogen) atoms. The summed E-state index contributed by atoms with van der Waals surface area (Å²) in [6, 6.07) is 2.28. The molecule has 0 fully saturated rings. The standard InChI is InChI=1S/C9H8F3NO3/c1-5-3-4-7(16-9(10,11)12)8(6(5)2)13(14)15/h3-4H,1-2H3. The molecule has 0 bridgehead atoms. The van der Waals surface area contributed by atoms with E-state index in [1.807, 2.05) is 0 Å². The van der Waals surface area contributed by atoms with Crippen LogP contribution < -0.4 is 4.74 Å². The zero-order chi connectivity index (χ0) is 12.5. The molecule has 0 atom stereocenters. The van der Waals surface area contributed by atoms with Gasteiger partial charge in [0.1, 0.15) is 0 Å². The van der Waals surface area contributed by atoms with Crippen LogP contribution in [0.3, 0.4) is 0 Å². The molecular formula is C9H8F3NO3. The Bertz CT molecular complexity index is 429. The molecule has 0 spiro atoms. The molecule has 0 radical (unpaired) electrons. The molecule has 0 amide bonds. The van der Waals surface area contributed by atoms with Crippen LogP contribution in [0.25, 0.3) is 0 Å². The topological polar surface area (TPSA) is 52.4 Å². The van der Waals surface area contributed by atoms with Crippen LogP contribution in [0, 0.1) is 24.0 Å². The smallest absolute Gasteiger partial charge is 0.398 e. The first-order valence-corrected chi connectivity index (χ1v) is 4.22. The van der Waals surface area contributed by atoms with Gasteiger partial charge in [0.05, 0.1) is 4.92 Å². The van der Waals surface area contributed by atoms with Gasteiger partial charge in [0.25, 0.3) is 0 Å². The Labute approximate surface area is 88.8 Å². The van der Waals surface area contributed by atoms with E-state index in [2.05, 4.69) is 4.74 Å². The molecule has 1 aromatic carbocycles. The molecule has 0 saturated heterocycles. The molecule has 0 N–H and O–H groups in total. The maximum Gasteiger partial charge on any atom is 0.573 e. The van der Waals surface area contributed by atoms with Gasteiger partial charge in [-0.15, -0.1) is 13.2 Å². The van der Waals surface area contributed by atoms with Crippen LogP contribution in [0.15, 0.2) is 12.1 Å². The summed E-state index contributed by atoms with van der Waals surface area (Å²) >= 11 is 0. The van der Waals surface area contributed by atoms with Crippen LogP contribution >= 0.6 is 0 Å². The summed E-state index contributed by atoms with van der Waals surface area (Å²) < 4.78 is 39.5. The number of nitro groups is 1. The van der Waals surface area contributed by atoms with E-state index in [9.17, 15) is 23.3 Å². The monoisotopic (exact) mass is 235 g/mol. The van der Waals surface area contributed by atoms with Crippen LogP contribution in [-0.4, -0.2) is 11.3 Å². The molecule has 0 unspecified atom stereocenters. The van der Waals surface area contributed by atoms with Crippen molar-refractivity contribution in [1.29, 1.82) is 0 Å². The summed E-state index contributed by atoms with van der Waals surface area (Å²) in [5.41, 5.74) is 0.0327. The number of rotatable bonds is 2. The van der Waals surface area contributed by atoms with Crippen LogP contribution in [0.5, 0.6) is 5.75 Å². The van der Waals surface area contributed by atoms with Crippen molar-refractivity contribution in [3.63, 3.8) is 0 Å². The van der Waals surface area contributed by atoms with Crippen molar-refractivity contribution >= 4 is 5.69 Å². The third kappa shape index (κ3) is 2.62. The molecular weight excluding hydrogens is 227 g/mol. The van der Waals surface area contributed by atoms with Gasteiger partial charge in [0, 0.05) is 5.56 Å². The summed E-state index contributed by atoms with van der Waals surface area (Å²) in [6.45, 7) is 2.94. The van der Waals surface area contributed by atoms with Crippen molar-refractivity contribution in [3.8, 4) is 5.75 Å². The second-order valence-electron chi connectivity index (χ2n) is 3.16. The number of hydrogen-bond acceptors (Lipinski definition) is 3. The Morgan fingerprint density at radius 2 is 1.88 bits per heavy atom. The zero-order valence-electron chi connectivity index (χ0n) is 8.46. The molecule has 0 aliphatic heterocycles. The van der Waals surface area contributed by atoms with Crippen molar-refractivity contribution in [1.82, 2.24) is 0 Å². The van der Waals surface area contributed by atoms with Crippen LogP contribution in [-0.2, 0) is 0 Å². The Balaban J connectivity index is 3.29. The van der Waals surface area contributed by atoms with Gasteiger partial charge >= 0.3 is 12.0 Å². The fraction of sp³-hybridized carbons (Fsp3) is 0.333. The number of benzene rings is 1. The third-order valence-electron chi connectivity index (χ3n) is 2.07. The Morgan fingerprint density at radius 1 is 1.31 bits per heavy atom. The van der Waals surface area contributed by atoms with E-state index in [0.29, 0.717) is 5.56 Å². The number of alkyl halides is 3. The molecule has 0 heterocycles. The average molecular weight is 235 g/mol. The van der Waals surface area contributed by atoms with E-state index in [-0.39, 0.29) is 5.56 Å². The lowest BCUT2D eigenvalue weighted by atomic mass is 10.1. The lowest BCUT2D eigenvalue weighted by Crippen LogP contribution is -2.18. The first-order valence-electron chi connectivity index (χ1n) is 4.22. The Kier molecular flexibility index (Phi) is 3.06. The van der Waals surface area contributed by atoms with E-state index in [0.717, 1.165) is 6.07 Å². The Morgan fingerprint density at radius 3 is 2.31 bits per heavy atom. The quantitative estimate of drug-likeness (QED) is 0.584. The summed E-state index contributed by atoms with van der Waals surface area (Å²) in [7, 11) is 0. The van der Waals surface area contributed by atoms with Crippen molar-refractivity contribution in [3.05, 3.63) is 33.4 Å². The maximum absolute atomic E-state index is 12.0. The largest absolute Gasteiger partial charge is 0.573 e. The number of aryl methyl sites for hydroxylation is 1. The summed E-state index contributed by atoms with van der Waals surface area (Å²) in [5.74, 6) is -0.791.